The summed E-state index contributed by atoms with van der Waals surface area (Å²) in [6.07, 6.45) is 6.42. The molecule has 0 spiro atoms. The second kappa shape index (κ2) is 9.69. The molecule has 2 aromatic carbocycles. The van der Waals surface area contributed by atoms with E-state index >= 15 is 0 Å². The van der Waals surface area contributed by atoms with Crippen molar-refractivity contribution in [1.29, 1.82) is 0 Å². The molecule has 0 bridgehead atoms. The number of benzene rings is 2. The molecule has 0 fully saturated rings. The molecule has 29 heavy (non-hydrogen) atoms. The van der Waals surface area contributed by atoms with Crippen LogP contribution in [0.1, 0.15) is 17.5 Å². The summed E-state index contributed by atoms with van der Waals surface area (Å²) < 4.78 is 40.0. The highest BCUT2D eigenvalue weighted by atomic mass is 32.2. The van der Waals surface area contributed by atoms with E-state index in [1.54, 1.807) is 35.4 Å². The van der Waals surface area contributed by atoms with Crippen LogP contribution in [0.25, 0.3) is 0 Å². The van der Waals surface area contributed by atoms with Crippen molar-refractivity contribution in [3.8, 4) is 0 Å². The third-order valence-electron chi connectivity index (χ3n) is 4.45. The molecule has 1 aliphatic rings. The van der Waals surface area contributed by atoms with Crippen molar-refractivity contribution in [3.63, 3.8) is 0 Å². The molecule has 0 radical (unpaired) electrons. The van der Waals surface area contributed by atoms with Crippen molar-refractivity contribution in [3.05, 3.63) is 95.0 Å². The summed E-state index contributed by atoms with van der Waals surface area (Å²) in [5.74, 6) is -1.97. The standard InChI is InChI=1S/C22H20F3NO2S/c23-17-7-5-15(6-8-17)3-2-10-29-21-20(22(27)28)4-1-9-26(21)14-16-11-18(24)13-19(25)12-16/h1,4-9,11-13,21H,2-3,10,14H2,(H,27,28). The molecule has 1 heterocycles. The first-order chi connectivity index (χ1) is 13.9. The Morgan fingerprint density at radius 3 is 2.34 bits per heavy atom. The Morgan fingerprint density at radius 1 is 1.00 bits per heavy atom. The van der Waals surface area contributed by atoms with Gasteiger partial charge in [0.05, 0.1) is 5.57 Å². The van der Waals surface area contributed by atoms with Crippen LogP contribution < -0.4 is 0 Å². The molecule has 7 heteroatoms. The van der Waals surface area contributed by atoms with Crippen molar-refractivity contribution in [2.24, 2.45) is 0 Å². The molecule has 0 saturated heterocycles. The smallest absolute Gasteiger partial charge is 0.334 e. The lowest BCUT2D eigenvalue weighted by Gasteiger charge is -2.33. The summed E-state index contributed by atoms with van der Waals surface area (Å²) in [6, 6.07) is 9.59. The molecular weight excluding hydrogens is 399 g/mol. The number of carboxylic acids is 1. The Morgan fingerprint density at radius 2 is 1.69 bits per heavy atom. The first kappa shape index (κ1) is 21.0. The minimum atomic E-state index is -1.03. The molecule has 0 amide bonds. The van der Waals surface area contributed by atoms with Crippen LogP contribution in [-0.4, -0.2) is 27.1 Å². The highest BCUT2D eigenvalue weighted by molar-refractivity contribution is 8.00. The van der Waals surface area contributed by atoms with Crippen LogP contribution in [0.4, 0.5) is 13.2 Å². The van der Waals surface area contributed by atoms with E-state index in [1.807, 2.05) is 0 Å². The van der Waals surface area contributed by atoms with Crippen molar-refractivity contribution in [2.75, 3.05) is 5.75 Å². The quantitative estimate of drug-likeness (QED) is 0.602. The van der Waals surface area contributed by atoms with Gasteiger partial charge in [-0.05, 0) is 66.1 Å². The molecule has 152 valence electrons. The van der Waals surface area contributed by atoms with Crippen molar-refractivity contribution < 1.29 is 23.1 Å². The number of hydrogen-bond donors (Lipinski definition) is 1. The Bertz CT molecular complexity index is 908. The third-order valence-corrected chi connectivity index (χ3v) is 5.82. The first-order valence-corrected chi connectivity index (χ1v) is 10.2. The molecule has 3 rings (SSSR count). The van der Waals surface area contributed by atoms with Gasteiger partial charge in [-0.15, -0.1) is 11.8 Å². The maximum absolute atomic E-state index is 13.5. The van der Waals surface area contributed by atoms with Gasteiger partial charge in [-0.2, -0.15) is 0 Å². The lowest BCUT2D eigenvalue weighted by atomic mass is 10.1. The van der Waals surface area contributed by atoms with E-state index in [1.165, 1.54) is 36.0 Å². The fraction of sp³-hybridized carbons (Fsp3) is 0.227. The monoisotopic (exact) mass is 419 g/mol. The predicted molar refractivity (Wildman–Crippen MR) is 108 cm³/mol. The van der Waals surface area contributed by atoms with Crippen molar-refractivity contribution in [1.82, 2.24) is 4.90 Å². The van der Waals surface area contributed by atoms with Gasteiger partial charge in [0.2, 0.25) is 0 Å². The largest absolute Gasteiger partial charge is 0.478 e. The molecule has 1 unspecified atom stereocenters. The third kappa shape index (κ3) is 5.90. The first-order valence-electron chi connectivity index (χ1n) is 9.11. The van der Waals surface area contributed by atoms with Gasteiger partial charge >= 0.3 is 5.97 Å². The van der Waals surface area contributed by atoms with Gasteiger partial charge in [0.1, 0.15) is 22.8 Å². The minimum absolute atomic E-state index is 0.186. The summed E-state index contributed by atoms with van der Waals surface area (Å²) in [4.78, 5) is 13.4. The second-order valence-electron chi connectivity index (χ2n) is 6.67. The van der Waals surface area contributed by atoms with Crippen LogP contribution >= 0.6 is 11.8 Å². The SMILES string of the molecule is O=C(O)C1=CC=CN(Cc2cc(F)cc(F)c2)C1SCCCc1ccc(F)cc1. The minimum Gasteiger partial charge on any atom is -0.478 e. The number of carboxylic acid groups (broad SMARTS) is 1. The number of carbonyl (C=O) groups is 1. The molecule has 1 N–H and O–H groups in total. The summed E-state index contributed by atoms with van der Waals surface area (Å²) in [5.41, 5.74) is 1.66. The average Bonchev–Trinajstić information content (AvgIpc) is 2.66. The van der Waals surface area contributed by atoms with Gasteiger partial charge in [-0.1, -0.05) is 12.1 Å². The van der Waals surface area contributed by atoms with Crippen molar-refractivity contribution >= 4 is 17.7 Å². The fourth-order valence-corrected chi connectivity index (χ4v) is 4.36. The van der Waals surface area contributed by atoms with Gasteiger partial charge < -0.3 is 10.0 Å². The predicted octanol–water partition coefficient (Wildman–Crippen LogP) is 5.14. The molecule has 0 aliphatic carbocycles. The van der Waals surface area contributed by atoms with E-state index in [0.29, 0.717) is 11.3 Å². The van der Waals surface area contributed by atoms with Gasteiger partial charge in [0, 0.05) is 18.8 Å². The zero-order valence-corrected chi connectivity index (χ0v) is 16.3. The molecular formula is C22H20F3NO2S. The van der Waals surface area contributed by atoms with Gasteiger partial charge in [-0.3, -0.25) is 0 Å². The van der Waals surface area contributed by atoms with Crippen LogP contribution in [0.5, 0.6) is 0 Å². The number of hydrogen-bond acceptors (Lipinski definition) is 3. The molecule has 2 aromatic rings. The zero-order chi connectivity index (χ0) is 20.8. The molecule has 1 aliphatic heterocycles. The lowest BCUT2D eigenvalue weighted by Crippen LogP contribution is -2.34. The average molecular weight is 419 g/mol. The van der Waals surface area contributed by atoms with E-state index < -0.39 is 23.0 Å². The lowest BCUT2D eigenvalue weighted by molar-refractivity contribution is -0.133. The van der Waals surface area contributed by atoms with E-state index in [0.717, 1.165) is 24.5 Å². The van der Waals surface area contributed by atoms with Crippen molar-refractivity contribution in [2.45, 2.75) is 24.8 Å². The Kier molecular flexibility index (Phi) is 7.04. The number of aryl methyl sites for hydroxylation is 1. The summed E-state index contributed by atoms with van der Waals surface area (Å²) in [7, 11) is 0. The molecule has 0 saturated carbocycles. The number of aliphatic carboxylic acids is 1. The van der Waals surface area contributed by atoms with Crippen LogP contribution in [0.2, 0.25) is 0 Å². The highest BCUT2D eigenvalue weighted by Crippen LogP contribution is 2.30. The van der Waals surface area contributed by atoms with Gasteiger partial charge in [0.25, 0.3) is 0 Å². The van der Waals surface area contributed by atoms with Crippen LogP contribution in [-0.2, 0) is 17.8 Å². The summed E-state index contributed by atoms with van der Waals surface area (Å²) in [6.45, 7) is 0.186. The van der Waals surface area contributed by atoms with Crippen LogP contribution in [0.15, 0.2) is 66.4 Å². The van der Waals surface area contributed by atoms with E-state index in [9.17, 15) is 23.1 Å². The Balaban J connectivity index is 1.65. The molecule has 0 aromatic heterocycles. The molecule has 3 nitrogen and oxygen atoms in total. The van der Waals surface area contributed by atoms with E-state index in [-0.39, 0.29) is 17.9 Å². The normalized spacial score (nSPS) is 16.0. The topological polar surface area (TPSA) is 40.5 Å². The summed E-state index contributed by atoms with van der Waals surface area (Å²) >= 11 is 1.46. The van der Waals surface area contributed by atoms with Gasteiger partial charge in [0.15, 0.2) is 0 Å². The highest BCUT2D eigenvalue weighted by Gasteiger charge is 2.27. The Labute approximate surface area is 171 Å². The summed E-state index contributed by atoms with van der Waals surface area (Å²) in [5, 5.41) is 9.07. The number of nitrogens with zero attached hydrogens (tertiary/aromatic N) is 1. The van der Waals surface area contributed by atoms with Crippen LogP contribution in [0.3, 0.4) is 0 Å². The second-order valence-corrected chi connectivity index (χ2v) is 7.86. The number of thioether (sulfide) groups is 1. The number of halogens is 3. The Hall–Kier alpha value is -2.67. The zero-order valence-electron chi connectivity index (χ0n) is 15.5. The number of rotatable bonds is 8. The fourth-order valence-electron chi connectivity index (χ4n) is 3.13. The van der Waals surface area contributed by atoms with E-state index in [4.69, 9.17) is 0 Å². The number of allylic oxidation sites excluding steroid dienone is 2. The van der Waals surface area contributed by atoms with E-state index in [2.05, 4.69) is 0 Å². The maximum atomic E-state index is 13.5. The maximum Gasteiger partial charge on any atom is 0.334 e. The molecule has 1 atom stereocenters. The van der Waals surface area contributed by atoms with Crippen LogP contribution in [0, 0.1) is 17.5 Å². The van der Waals surface area contributed by atoms with Gasteiger partial charge in [-0.25, -0.2) is 18.0 Å².